The molecule has 25 heavy (non-hydrogen) atoms. The van der Waals surface area contributed by atoms with Crippen LogP contribution in [-0.4, -0.2) is 16.8 Å². The normalized spacial score (nSPS) is 19.6. The quantitative estimate of drug-likeness (QED) is 0.872. The Labute approximate surface area is 144 Å². The van der Waals surface area contributed by atoms with Crippen LogP contribution in [0, 0.1) is 17.1 Å². The van der Waals surface area contributed by atoms with E-state index in [0.717, 1.165) is 10.5 Å². The van der Waals surface area contributed by atoms with E-state index < -0.39 is 17.4 Å². The molecule has 5 nitrogen and oxygen atoms in total. The molecule has 1 N–H and O–H groups in total. The number of carbonyl (C=O) groups excluding carboxylic acids is 2. The fourth-order valence-electron chi connectivity index (χ4n) is 3.01. The van der Waals surface area contributed by atoms with Crippen LogP contribution in [0.2, 0.25) is 0 Å². The zero-order chi connectivity index (χ0) is 18.0. The van der Waals surface area contributed by atoms with E-state index in [1.807, 2.05) is 6.07 Å². The van der Waals surface area contributed by atoms with E-state index >= 15 is 0 Å². The van der Waals surface area contributed by atoms with E-state index in [0.29, 0.717) is 17.5 Å². The largest absolute Gasteiger partial charge is 0.325 e. The molecule has 0 aromatic heterocycles. The van der Waals surface area contributed by atoms with Crippen LogP contribution in [-0.2, 0) is 16.9 Å². The molecule has 0 spiro atoms. The fourth-order valence-corrected chi connectivity index (χ4v) is 3.01. The molecule has 2 aromatic carbocycles. The highest BCUT2D eigenvalue weighted by Gasteiger charge is 2.51. The van der Waals surface area contributed by atoms with Gasteiger partial charge in [-0.3, -0.25) is 9.69 Å². The number of nitriles is 1. The Balaban J connectivity index is 1.90. The highest BCUT2D eigenvalue weighted by Crippen LogP contribution is 2.33. The van der Waals surface area contributed by atoms with Gasteiger partial charge in [0, 0.05) is 0 Å². The average molecular weight is 337 g/mol. The third-order valence-electron chi connectivity index (χ3n) is 4.47. The number of halogens is 1. The van der Waals surface area contributed by atoms with Crippen molar-refractivity contribution in [3.05, 3.63) is 71.0 Å². The lowest BCUT2D eigenvalue weighted by molar-refractivity contribution is -0.132. The Kier molecular flexibility index (Phi) is 4.24. The van der Waals surface area contributed by atoms with Gasteiger partial charge in [0.2, 0.25) is 0 Å². The number of hydrogen-bond donors (Lipinski definition) is 1. The van der Waals surface area contributed by atoms with Crippen molar-refractivity contribution in [3.63, 3.8) is 0 Å². The number of hydrogen-bond acceptors (Lipinski definition) is 3. The van der Waals surface area contributed by atoms with Gasteiger partial charge >= 0.3 is 6.03 Å². The molecule has 1 heterocycles. The van der Waals surface area contributed by atoms with Crippen molar-refractivity contribution < 1.29 is 14.0 Å². The lowest BCUT2D eigenvalue weighted by atomic mass is 9.87. The molecule has 0 aliphatic carbocycles. The molecule has 1 atom stereocenters. The number of nitrogens with one attached hydrogen (secondary N) is 1. The van der Waals surface area contributed by atoms with Crippen LogP contribution in [0.3, 0.4) is 0 Å². The van der Waals surface area contributed by atoms with E-state index in [9.17, 15) is 14.0 Å². The first kappa shape index (κ1) is 16.7. The minimum atomic E-state index is -1.18. The third kappa shape index (κ3) is 2.85. The van der Waals surface area contributed by atoms with Gasteiger partial charge in [-0.1, -0.05) is 31.2 Å². The summed E-state index contributed by atoms with van der Waals surface area (Å²) in [4.78, 5) is 26.5. The van der Waals surface area contributed by atoms with E-state index in [1.54, 1.807) is 31.2 Å². The number of urea groups is 1. The SMILES string of the molecule is CCC1(c2ccc(F)cc2)NC(=O)N(Cc2ccc(C#N)cc2)C1=O. The molecule has 1 aliphatic heterocycles. The summed E-state index contributed by atoms with van der Waals surface area (Å²) in [5.74, 6) is -0.766. The number of imide groups is 1. The summed E-state index contributed by atoms with van der Waals surface area (Å²) in [6.07, 6.45) is 0.354. The van der Waals surface area contributed by atoms with Crippen LogP contribution in [0.4, 0.5) is 9.18 Å². The van der Waals surface area contributed by atoms with Crippen molar-refractivity contribution >= 4 is 11.9 Å². The molecule has 0 bridgehead atoms. The maximum Gasteiger partial charge on any atom is 0.325 e. The monoisotopic (exact) mass is 337 g/mol. The highest BCUT2D eigenvalue weighted by atomic mass is 19.1. The Morgan fingerprint density at radius 3 is 2.32 bits per heavy atom. The maximum atomic E-state index is 13.2. The van der Waals surface area contributed by atoms with E-state index in [-0.39, 0.29) is 12.5 Å². The van der Waals surface area contributed by atoms with Gasteiger partial charge in [0.25, 0.3) is 5.91 Å². The van der Waals surface area contributed by atoms with Crippen molar-refractivity contribution in [3.8, 4) is 6.07 Å². The maximum absolute atomic E-state index is 13.2. The molecule has 0 radical (unpaired) electrons. The van der Waals surface area contributed by atoms with Gasteiger partial charge in [-0.2, -0.15) is 5.26 Å². The van der Waals surface area contributed by atoms with Crippen molar-refractivity contribution in [2.45, 2.75) is 25.4 Å². The molecule has 0 saturated carbocycles. The fraction of sp³-hybridized carbons (Fsp3) is 0.211. The second-order valence-electron chi connectivity index (χ2n) is 5.90. The van der Waals surface area contributed by atoms with Crippen molar-refractivity contribution in [2.24, 2.45) is 0 Å². The number of rotatable bonds is 4. The Morgan fingerprint density at radius 2 is 1.76 bits per heavy atom. The van der Waals surface area contributed by atoms with Gasteiger partial charge in [0.1, 0.15) is 11.4 Å². The molecule has 3 rings (SSSR count). The molecular formula is C19H16FN3O2. The number of carbonyl (C=O) groups is 2. The van der Waals surface area contributed by atoms with Crippen LogP contribution in [0.5, 0.6) is 0 Å². The van der Waals surface area contributed by atoms with Crippen molar-refractivity contribution in [1.29, 1.82) is 5.26 Å². The summed E-state index contributed by atoms with van der Waals surface area (Å²) in [5.41, 5.74) is 0.623. The number of amides is 3. The summed E-state index contributed by atoms with van der Waals surface area (Å²) in [6, 6.07) is 13.8. The molecule has 1 saturated heterocycles. The summed E-state index contributed by atoms with van der Waals surface area (Å²) in [6.45, 7) is 1.91. The van der Waals surface area contributed by atoms with E-state index in [4.69, 9.17) is 5.26 Å². The summed E-state index contributed by atoms with van der Waals surface area (Å²) in [5, 5.41) is 11.6. The Morgan fingerprint density at radius 1 is 1.12 bits per heavy atom. The van der Waals surface area contributed by atoms with E-state index in [2.05, 4.69) is 5.32 Å². The second-order valence-corrected chi connectivity index (χ2v) is 5.90. The standard InChI is InChI=1S/C19H16FN3O2/c1-2-19(15-7-9-16(20)10-8-15)17(24)23(18(25)22-19)12-14-5-3-13(11-21)4-6-14/h3-10H,2,12H2,1H3,(H,22,25). The minimum absolute atomic E-state index is 0.110. The molecule has 126 valence electrons. The van der Waals surface area contributed by atoms with Gasteiger partial charge in [-0.25, -0.2) is 9.18 Å². The van der Waals surface area contributed by atoms with Crippen LogP contribution in [0.25, 0.3) is 0 Å². The lowest BCUT2D eigenvalue weighted by Crippen LogP contribution is -2.43. The first-order valence-corrected chi connectivity index (χ1v) is 7.89. The molecule has 1 fully saturated rings. The van der Waals surface area contributed by atoms with Crippen LogP contribution in [0.1, 0.15) is 30.0 Å². The third-order valence-corrected chi connectivity index (χ3v) is 4.47. The number of nitrogens with zero attached hydrogens (tertiary/aromatic N) is 2. The predicted molar refractivity (Wildman–Crippen MR) is 88.6 cm³/mol. The molecule has 3 amide bonds. The van der Waals surface area contributed by atoms with Gasteiger partial charge < -0.3 is 5.32 Å². The molecule has 1 aliphatic rings. The van der Waals surface area contributed by atoms with Crippen molar-refractivity contribution in [2.75, 3.05) is 0 Å². The number of benzene rings is 2. The van der Waals surface area contributed by atoms with Gasteiger partial charge in [0.05, 0.1) is 18.2 Å². The Bertz CT molecular complexity index is 856. The summed E-state index contributed by atoms with van der Waals surface area (Å²) < 4.78 is 13.2. The van der Waals surface area contributed by atoms with Crippen LogP contribution in [0.15, 0.2) is 48.5 Å². The predicted octanol–water partition coefficient (Wildman–Crippen LogP) is 3.05. The van der Waals surface area contributed by atoms with Crippen LogP contribution < -0.4 is 5.32 Å². The first-order valence-electron chi connectivity index (χ1n) is 7.89. The van der Waals surface area contributed by atoms with Crippen molar-refractivity contribution in [1.82, 2.24) is 10.2 Å². The lowest BCUT2D eigenvalue weighted by Gasteiger charge is -2.25. The smallest absolute Gasteiger partial charge is 0.319 e. The molecular weight excluding hydrogens is 321 g/mol. The van der Waals surface area contributed by atoms with Gasteiger partial charge in [0.15, 0.2) is 0 Å². The van der Waals surface area contributed by atoms with E-state index in [1.165, 1.54) is 24.3 Å². The zero-order valence-corrected chi connectivity index (χ0v) is 13.6. The first-order chi connectivity index (χ1) is 12.0. The van der Waals surface area contributed by atoms with Crippen LogP contribution >= 0.6 is 0 Å². The highest BCUT2D eigenvalue weighted by molar-refractivity contribution is 6.07. The minimum Gasteiger partial charge on any atom is -0.319 e. The van der Waals surface area contributed by atoms with Gasteiger partial charge in [-0.15, -0.1) is 0 Å². The summed E-state index contributed by atoms with van der Waals surface area (Å²) >= 11 is 0. The zero-order valence-electron chi connectivity index (χ0n) is 13.6. The molecule has 6 heteroatoms. The topological polar surface area (TPSA) is 73.2 Å². The second kappa shape index (κ2) is 6.36. The van der Waals surface area contributed by atoms with Gasteiger partial charge in [-0.05, 0) is 41.8 Å². The average Bonchev–Trinajstić information content (AvgIpc) is 2.88. The summed E-state index contributed by atoms with van der Waals surface area (Å²) in [7, 11) is 0. The molecule has 2 aromatic rings. The Hall–Kier alpha value is -3.20. The molecule has 1 unspecified atom stereocenters.